The molecule has 2 rings (SSSR count). The Morgan fingerprint density at radius 2 is 2.11 bits per heavy atom. The third kappa shape index (κ3) is 3.93. The SMILES string of the molecule is O=C(O)CCCS(=O)(=O)Nc1ccc2sccc2c1. The van der Waals surface area contributed by atoms with Gasteiger partial charge in [-0.1, -0.05) is 0 Å². The Balaban J connectivity index is 2.04. The highest BCUT2D eigenvalue weighted by Gasteiger charge is 2.11. The molecule has 19 heavy (non-hydrogen) atoms. The van der Waals surface area contributed by atoms with E-state index in [1.165, 1.54) is 0 Å². The summed E-state index contributed by atoms with van der Waals surface area (Å²) in [5, 5.41) is 11.4. The molecule has 0 fully saturated rings. The van der Waals surface area contributed by atoms with Crippen LogP contribution in [0.5, 0.6) is 0 Å². The van der Waals surface area contributed by atoms with Crippen molar-refractivity contribution in [1.29, 1.82) is 0 Å². The summed E-state index contributed by atoms with van der Waals surface area (Å²) in [4.78, 5) is 10.3. The Hall–Kier alpha value is -1.60. The van der Waals surface area contributed by atoms with E-state index in [1.807, 2.05) is 17.5 Å². The fourth-order valence-corrected chi connectivity index (χ4v) is 3.56. The van der Waals surface area contributed by atoms with E-state index in [1.54, 1.807) is 23.5 Å². The van der Waals surface area contributed by atoms with E-state index in [4.69, 9.17) is 5.11 Å². The Bertz CT molecular complexity index is 691. The molecule has 1 aromatic carbocycles. The molecule has 0 saturated carbocycles. The zero-order valence-corrected chi connectivity index (χ0v) is 11.6. The highest BCUT2D eigenvalue weighted by Crippen LogP contribution is 2.24. The zero-order valence-electron chi connectivity index (χ0n) is 10.00. The molecule has 0 radical (unpaired) electrons. The van der Waals surface area contributed by atoms with Crippen LogP contribution in [0.3, 0.4) is 0 Å². The Kier molecular flexibility index (Phi) is 4.06. The van der Waals surface area contributed by atoms with Crippen molar-refractivity contribution in [2.45, 2.75) is 12.8 Å². The molecule has 102 valence electrons. The molecule has 0 atom stereocenters. The molecule has 0 aliphatic carbocycles. The maximum absolute atomic E-state index is 11.8. The van der Waals surface area contributed by atoms with Gasteiger partial charge in [-0.25, -0.2) is 8.42 Å². The maximum Gasteiger partial charge on any atom is 0.303 e. The first kappa shape index (κ1) is 13.8. The van der Waals surface area contributed by atoms with Gasteiger partial charge in [0.25, 0.3) is 0 Å². The van der Waals surface area contributed by atoms with Crippen LogP contribution in [-0.4, -0.2) is 25.2 Å². The van der Waals surface area contributed by atoms with E-state index in [2.05, 4.69) is 4.72 Å². The van der Waals surface area contributed by atoms with E-state index < -0.39 is 16.0 Å². The van der Waals surface area contributed by atoms with Gasteiger partial charge in [0.15, 0.2) is 0 Å². The van der Waals surface area contributed by atoms with Crippen LogP contribution < -0.4 is 4.72 Å². The predicted molar refractivity (Wildman–Crippen MR) is 76.1 cm³/mol. The number of anilines is 1. The van der Waals surface area contributed by atoms with Crippen LogP contribution in [0, 0.1) is 0 Å². The molecule has 5 nitrogen and oxygen atoms in total. The van der Waals surface area contributed by atoms with Crippen molar-refractivity contribution >= 4 is 43.1 Å². The molecule has 2 aromatic rings. The third-order valence-electron chi connectivity index (χ3n) is 2.53. The summed E-state index contributed by atoms with van der Waals surface area (Å²) in [7, 11) is -3.49. The lowest BCUT2D eigenvalue weighted by molar-refractivity contribution is -0.137. The number of aliphatic carboxylic acids is 1. The molecule has 7 heteroatoms. The van der Waals surface area contributed by atoms with Gasteiger partial charge < -0.3 is 5.11 Å². The van der Waals surface area contributed by atoms with Crippen molar-refractivity contribution in [3.63, 3.8) is 0 Å². The monoisotopic (exact) mass is 299 g/mol. The van der Waals surface area contributed by atoms with Crippen molar-refractivity contribution in [2.75, 3.05) is 10.5 Å². The van der Waals surface area contributed by atoms with E-state index in [9.17, 15) is 13.2 Å². The maximum atomic E-state index is 11.8. The second-order valence-electron chi connectivity index (χ2n) is 4.09. The molecule has 0 aliphatic heterocycles. The smallest absolute Gasteiger partial charge is 0.303 e. The molecule has 0 amide bonds. The van der Waals surface area contributed by atoms with Gasteiger partial charge in [0, 0.05) is 16.8 Å². The van der Waals surface area contributed by atoms with Gasteiger partial charge in [0.1, 0.15) is 0 Å². The van der Waals surface area contributed by atoms with Crippen molar-refractivity contribution in [3.05, 3.63) is 29.6 Å². The molecule has 0 aliphatic rings. The summed E-state index contributed by atoms with van der Waals surface area (Å²) >= 11 is 1.59. The number of hydrogen-bond donors (Lipinski definition) is 2. The summed E-state index contributed by atoms with van der Waals surface area (Å²) < 4.78 is 27.1. The first-order valence-electron chi connectivity index (χ1n) is 5.66. The summed E-state index contributed by atoms with van der Waals surface area (Å²) in [6, 6.07) is 7.24. The van der Waals surface area contributed by atoms with Gasteiger partial charge in [-0.05, 0) is 41.5 Å². The van der Waals surface area contributed by atoms with Crippen LogP contribution in [0.1, 0.15) is 12.8 Å². The fraction of sp³-hybridized carbons (Fsp3) is 0.250. The quantitative estimate of drug-likeness (QED) is 0.858. The summed E-state index contributed by atoms with van der Waals surface area (Å²) in [5.74, 6) is -1.18. The average molecular weight is 299 g/mol. The molecular formula is C12H13NO4S2. The molecule has 2 N–H and O–H groups in total. The Morgan fingerprint density at radius 1 is 1.32 bits per heavy atom. The topological polar surface area (TPSA) is 83.5 Å². The molecule has 0 bridgehead atoms. The largest absolute Gasteiger partial charge is 0.481 e. The molecule has 1 aromatic heterocycles. The van der Waals surface area contributed by atoms with Crippen LogP contribution in [0.2, 0.25) is 0 Å². The van der Waals surface area contributed by atoms with Crippen LogP contribution in [0.25, 0.3) is 10.1 Å². The van der Waals surface area contributed by atoms with Crippen molar-refractivity contribution < 1.29 is 18.3 Å². The van der Waals surface area contributed by atoms with E-state index in [-0.39, 0.29) is 18.6 Å². The van der Waals surface area contributed by atoms with Crippen molar-refractivity contribution in [1.82, 2.24) is 0 Å². The van der Waals surface area contributed by atoms with Gasteiger partial charge in [0.05, 0.1) is 5.75 Å². The average Bonchev–Trinajstić information content (AvgIpc) is 2.74. The predicted octanol–water partition coefficient (Wildman–Crippen LogP) is 2.51. The minimum Gasteiger partial charge on any atom is -0.481 e. The highest BCUT2D eigenvalue weighted by molar-refractivity contribution is 7.92. The van der Waals surface area contributed by atoms with Gasteiger partial charge in [0.2, 0.25) is 10.0 Å². The Labute approximate surface area is 114 Å². The van der Waals surface area contributed by atoms with Crippen LogP contribution in [-0.2, 0) is 14.8 Å². The van der Waals surface area contributed by atoms with E-state index in [0.29, 0.717) is 5.69 Å². The summed E-state index contributed by atoms with van der Waals surface area (Å²) in [6.07, 6.45) is -0.0458. The number of sulfonamides is 1. The lowest BCUT2D eigenvalue weighted by atomic mass is 10.2. The number of hydrogen-bond acceptors (Lipinski definition) is 4. The zero-order chi connectivity index (χ0) is 13.9. The number of thiophene rings is 1. The van der Waals surface area contributed by atoms with Gasteiger partial charge >= 0.3 is 5.97 Å². The molecule has 0 spiro atoms. The number of carboxylic acid groups (broad SMARTS) is 1. The second kappa shape index (κ2) is 5.58. The second-order valence-corrected chi connectivity index (χ2v) is 6.88. The van der Waals surface area contributed by atoms with E-state index in [0.717, 1.165) is 10.1 Å². The van der Waals surface area contributed by atoms with Gasteiger partial charge in [-0.3, -0.25) is 9.52 Å². The van der Waals surface area contributed by atoms with Crippen molar-refractivity contribution in [2.24, 2.45) is 0 Å². The first-order valence-corrected chi connectivity index (χ1v) is 8.19. The highest BCUT2D eigenvalue weighted by atomic mass is 32.2. The minimum absolute atomic E-state index is 0.103. The Morgan fingerprint density at radius 3 is 2.84 bits per heavy atom. The number of carboxylic acids is 1. The van der Waals surface area contributed by atoms with Crippen LogP contribution in [0.4, 0.5) is 5.69 Å². The summed E-state index contributed by atoms with van der Waals surface area (Å²) in [5.41, 5.74) is 0.501. The number of benzene rings is 1. The normalized spacial score (nSPS) is 11.6. The first-order chi connectivity index (χ1) is 8.96. The van der Waals surface area contributed by atoms with Gasteiger partial charge in [-0.15, -0.1) is 11.3 Å². The lowest BCUT2D eigenvalue weighted by Crippen LogP contribution is -2.17. The minimum atomic E-state index is -3.49. The molecular weight excluding hydrogens is 286 g/mol. The fourth-order valence-electron chi connectivity index (χ4n) is 1.67. The third-order valence-corrected chi connectivity index (χ3v) is 4.80. The molecule has 0 saturated heterocycles. The lowest BCUT2D eigenvalue weighted by Gasteiger charge is -2.07. The standard InChI is InChI=1S/C12H13NO4S2/c14-12(15)2-1-7-19(16,17)13-10-3-4-11-9(8-10)5-6-18-11/h3-6,8,13H,1-2,7H2,(H,14,15). The molecule has 1 heterocycles. The van der Waals surface area contributed by atoms with E-state index >= 15 is 0 Å². The van der Waals surface area contributed by atoms with Crippen LogP contribution in [0.15, 0.2) is 29.6 Å². The number of nitrogens with one attached hydrogen (secondary N) is 1. The summed E-state index contributed by atoms with van der Waals surface area (Å²) in [6.45, 7) is 0. The van der Waals surface area contributed by atoms with Crippen LogP contribution >= 0.6 is 11.3 Å². The number of carbonyl (C=O) groups is 1. The van der Waals surface area contributed by atoms with Gasteiger partial charge in [-0.2, -0.15) is 0 Å². The molecule has 0 unspecified atom stereocenters. The van der Waals surface area contributed by atoms with Crippen molar-refractivity contribution in [3.8, 4) is 0 Å². The number of rotatable bonds is 6. The number of fused-ring (bicyclic) bond motifs is 1.